The molecule has 2 heterocycles. The Hall–Kier alpha value is -5.28. The van der Waals surface area contributed by atoms with Gasteiger partial charge in [-0.3, -0.25) is 4.57 Å². The van der Waals surface area contributed by atoms with Gasteiger partial charge in [0.1, 0.15) is 29.5 Å². The summed E-state index contributed by atoms with van der Waals surface area (Å²) in [4.78, 5) is 4.59. The number of halogens is 3. The van der Waals surface area contributed by atoms with Gasteiger partial charge in [-0.15, -0.1) is 0 Å². The number of rotatable bonds is 12. The molecule has 0 aliphatic carbocycles. The van der Waals surface area contributed by atoms with Crippen LogP contribution in [0.5, 0.6) is 0 Å². The van der Waals surface area contributed by atoms with E-state index in [1.807, 2.05) is 146 Å². The van der Waals surface area contributed by atoms with Crippen LogP contribution in [0.2, 0.25) is 15.3 Å². The summed E-state index contributed by atoms with van der Waals surface area (Å²) in [6.07, 6.45) is -4.22. The molecule has 294 valence electrons. The molecule has 1 aliphatic rings. The average molecular weight is 838 g/mol. The molecule has 59 heavy (non-hydrogen) atoms. The first kappa shape index (κ1) is 39.2. The van der Waals surface area contributed by atoms with E-state index in [1.165, 1.54) is 0 Å². The largest absolute Gasteiger partial charge is 0.386 e. The number of aliphatic hydroxyl groups excluding tert-OH is 1. The SMILES string of the molecule is O[C@H]1[C@H](OC(c2ccccc2)(c2ccccc2)c2ccccc2)[C@@H](COC(c2ccccc2)(c2ccccc2)c2ccccc2)O[C@H]1n1c(Cl)nc2cc(Cl)c(Cl)cc21. The van der Waals surface area contributed by atoms with E-state index in [9.17, 15) is 5.11 Å². The summed E-state index contributed by atoms with van der Waals surface area (Å²) >= 11 is 19.9. The first-order valence-electron chi connectivity index (χ1n) is 19.4. The number of hydrogen-bond donors (Lipinski definition) is 1. The fourth-order valence-electron chi connectivity index (χ4n) is 8.42. The second-order valence-corrected chi connectivity index (χ2v) is 15.7. The van der Waals surface area contributed by atoms with Crippen LogP contribution in [0.1, 0.15) is 39.6 Å². The topological polar surface area (TPSA) is 65.7 Å². The Morgan fingerprint density at radius 2 is 0.915 bits per heavy atom. The van der Waals surface area contributed by atoms with Crippen LogP contribution in [0, 0.1) is 0 Å². The molecule has 6 nitrogen and oxygen atoms in total. The lowest BCUT2D eigenvalue weighted by Crippen LogP contribution is -2.46. The summed E-state index contributed by atoms with van der Waals surface area (Å²) in [5.41, 5.74) is 4.13. The van der Waals surface area contributed by atoms with E-state index in [4.69, 9.17) is 49.0 Å². The summed E-state index contributed by atoms with van der Waals surface area (Å²) < 4.78 is 23.7. The zero-order chi connectivity index (χ0) is 40.4. The lowest BCUT2D eigenvalue weighted by Gasteiger charge is -2.41. The lowest BCUT2D eigenvalue weighted by atomic mass is 9.79. The normalized spacial score (nSPS) is 18.3. The predicted molar refractivity (Wildman–Crippen MR) is 234 cm³/mol. The first-order chi connectivity index (χ1) is 28.9. The van der Waals surface area contributed by atoms with Crippen molar-refractivity contribution in [1.82, 2.24) is 9.55 Å². The van der Waals surface area contributed by atoms with Crippen LogP contribution in [-0.2, 0) is 25.4 Å². The number of hydrogen-bond acceptors (Lipinski definition) is 5. The number of nitrogens with zero attached hydrogens (tertiary/aromatic N) is 2. The minimum Gasteiger partial charge on any atom is -0.386 e. The van der Waals surface area contributed by atoms with Crippen LogP contribution in [-0.4, -0.2) is 39.6 Å². The van der Waals surface area contributed by atoms with Gasteiger partial charge in [-0.1, -0.05) is 205 Å². The fourth-order valence-corrected chi connectivity index (χ4v) is 9.01. The summed E-state index contributed by atoms with van der Waals surface area (Å²) in [6, 6.07) is 63.9. The molecule has 0 amide bonds. The van der Waals surface area contributed by atoms with Crippen molar-refractivity contribution in [3.8, 4) is 0 Å². The van der Waals surface area contributed by atoms with Crippen LogP contribution in [0.4, 0.5) is 0 Å². The van der Waals surface area contributed by atoms with Gasteiger partial charge in [-0.05, 0) is 57.1 Å². The molecule has 9 heteroatoms. The van der Waals surface area contributed by atoms with Crippen LogP contribution < -0.4 is 0 Å². The zero-order valence-corrected chi connectivity index (χ0v) is 34.0. The highest BCUT2D eigenvalue weighted by Crippen LogP contribution is 2.48. The molecule has 0 radical (unpaired) electrons. The van der Waals surface area contributed by atoms with Crippen molar-refractivity contribution in [2.24, 2.45) is 0 Å². The molecule has 9 rings (SSSR count). The van der Waals surface area contributed by atoms with Crippen LogP contribution in [0.3, 0.4) is 0 Å². The molecular formula is C50H39Cl3N2O4. The molecule has 4 atom stereocenters. The van der Waals surface area contributed by atoms with Gasteiger partial charge in [0.2, 0.25) is 5.28 Å². The summed E-state index contributed by atoms with van der Waals surface area (Å²) in [7, 11) is 0. The highest BCUT2D eigenvalue weighted by Gasteiger charge is 2.53. The summed E-state index contributed by atoms with van der Waals surface area (Å²) in [5.74, 6) is 0. The smallest absolute Gasteiger partial charge is 0.206 e. The number of aliphatic hydroxyl groups is 1. The average Bonchev–Trinajstić information content (AvgIpc) is 3.77. The van der Waals surface area contributed by atoms with E-state index in [0.29, 0.717) is 21.1 Å². The van der Waals surface area contributed by atoms with Gasteiger partial charge in [0, 0.05) is 0 Å². The summed E-state index contributed by atoms with van der Waals surface area (Å²) in [6.45, 7) is -0.0117. The zero-order valence-electron chi connectivity index (χ0n) is 31.7. The monoisotopic (exact) mass is 836 g/mol. The molecule has 1 fully saturated rings. The Bertz CT molecular complexity index is 2440. The Morgan fingerprint density at radius 1 is 0.542 bits per heavy atom. The van der Waals surface area contributed by atoms with E-state index in [1.54, 1.807) is 16.7 Å². The minimum atomic E-state index is -1.29. The Balaban J connectivity index is 1.23. The second kappa shape index (κ2) is 16.8. The van der Waals surface area contributed by atoms with E-state index in [0.717, 1.165) is 33.4 Å². The van der Waals surface area contributed by atoms with Crippen molar-refractivity contribution in [2.75, 3.05) is 6.61 Å². The Kier molecular flexibility index (Phi) is 11.1. The maximum absolute atomic E-state index is 12.8. The van der Waals surface area contributed by atoms with E-state index >= 15 is 0 Å². The third-order valence-corrected chi connectivity index (χ3v) is 12.1. The second-order valence-electron chi connectivity index (χ2n) is 14.5. The van der Waals surface area contributed by atoms with E-state index < -0.39 is 35.7 Å². The van der Waals surface area contributed by atoms with Crippen molar-refractivity contribution in [3.05, 3.63) is 243 Å². The van der Waals surface area contributed by atoms with Crippen molar-refractivity contribution >= 4 is 45.8 Å². The van der Waals surface area contributed by atoms with Gasteiger partial charge in [0.15, 0.2) is 6.23 Å². The number of benzene rings is 7. The number of fused-ring (bicyclic) bond motifs is 1. The van der Waals surface area contributed by atoms with E-state index in [-0.39, 0.29) is 11.9 Å². The van der Waals surface area contributed by atoms with Crippen LogP contribution >= 0.6 is 34.8 Å². The Morgan fingerprint density at radius 3 is 1.32 bits per heavy atom. The third kappa shape index (κ3) is 7.15. The molecule has 0 saturated carbocycles. The maximum Gasteiger partial charge on any atom is 0.206 e. The van der Waals surface area contributed by atoms with Crippen LogP contribution in [0.25, 0.3) is 11.0 Å². The number of ether oxygens (including phenoxy) is 3. The molecule has 7 aromatic carbocycles. The van der Waals surface area contributed by atoms with Crippen LogP contribution in [0.15, 0.2) is 194 Å². The lowest BCUT2D eigenvalue weighted by molar-refractivity contribution is -0.131. The Labute approximate surface area is 358 Å². The molecule has 0 bridgehead atoms. The molecule has 1 saturated heterocycles. The molecule has 8 aromatic rings. The highest BCUT2D eigenvalue weighted by atomic mass is 35.5. The minimum absolute atomic E-state index is 0.0117. The van der Waals surface area contributed by atoms with Gasteiger partial charge in [-0.2, -0.15) is 0 Å². The highest BCUT2D eigenvalue weighted by molar-refractivity contribution is 6.42. The van der Waals surface area contributed by atoms with Gasteiger partial charge in [-0.25, -0.2) is 4.98 Å². The van der Waals surface area contributed by atoms with Crippen molar-refractivity contribution in [2.45, 2.75) is 35.7 Å². The molecule has 0 unspecified atom stereocenters. The maximum atomic E-state index is 12.8. The number of imidazole rings is 1. The van der Waals surface area contributed by atoms with Crippen molar-refractivity contribution < 1.29 is 19.3 Å². The standard InChI is InChI=1S/C50H39Cl3N2O4/c51-40-31-42-43(32-41(40)52)55(48(53)54-42)47-45(56)46(59-50(37-25-13-4-14-26-37,38-27-15-5-16-28-38)39-29-17-6-18-30-39)44(58-47)33-57-49(34-19-7-1-8-20-34,35-21-9-2-10-22-35)36-23-11-3-12-24-36/h1-32,44-47,56H,33H2/t44-,45+,46-,47-/m1/s1. The molecule has 1 N–H and O–H groups in total. The van der Waals surface area contributed by atoms with Gasteiger partial charge in [0.05, 0.1) is 27.7 Å². The molecule has 1 aromatic heterocycles. The predicted octanol–water partition coefficient (Wildman–Crippen LogP) is 11.6. The third-order valence-electron chi connectivity index (χ3n) is 11.1. The first-order valence-corrected chi connectivity index (χ1v) is 20.5. The molecule has 0 spiro atoms. The van der Waals surface area contributed by atoms with Gasteiger partial charge >= 0.3 is 0 Å². The van der Waals surface area contributed by atoms with Crippen molar-refractivity contribution in [1.29, 1.82) is 0 Å². The summed E-state index contributed by atoms with van der Waals surface area (Å²) in [5, 5.41) is 13.5. The molecule has 1 aliphatic heterocycles. The number of aromatic nitrogens is 2. The van der Waals surface area contributed by atoms with Gasteiger partial charge < -0.3 is 19.3 Å². The fraction of sp³-hybridized carbons (Fsp3) is 0.140. The van der Waals surface area contributed by atoms with E-state index in [2.05, 4.69) is 41.4 Å². The quantitative estimate of drug-likeness (QED) is 0.124. The van der Waals surface area contributed by atoms with Gasteiger partial charge in [0.25, 0.3) is 0 Å². The van der Waals surface area contributed by atoms with Crippen molar-refractivity contribution in [3.63, 3.8) is 0 Å². The molecular weight excluding hydrogens is 799 g/mol.